The van der Waals surface area contributed by atoms with Gasteiger partial charge in [-0.15, -0.1) is 0 Å². The zero-order valence-electron chi connectivity index (χ0n) is 10.1. The highest BCUT2D eigenvalue weighted by Crippen LogP contribution is 2.20. The molecule has 1 aromatic carbocycles. The van der Waals surface area contributed by atoms with Gasteiger partial charge in [-0.2, -0.15) is 0 Å². The number of hydrogen-bond acceptors (Lipinski definition) is 2. The predicted octanol–water partition coefficient (Wildman–Crippen LogP) is 2.77. The van der Waals surface area contributed by atoms with E-state index in [-0.39, 0.29) is 6.42 Å². The number of carboxylic acid groups (broad SMARTS) is 1. The number of aliphatic carboxylic acids is 1. The maximum Gasteiger partial charge on any atom is 0.309 e. The van der Waals surface area contributed by atoms with E-state index in [1.54, 1.807) is 12.3 Å². The van der Waals surface area contributed by atoms with Crippen LogP contribution in [0.2, 0.25) is 5.02 Å². The molecule has 0 aliphatic rings. The highest BCUT2D eigenvalue weighted by Gasteiger charge is 2.10. The molecule has 0 aliphatic carbocycles. The van der Waals surface area contributed by atoms with E-state index < -0.39 is 5.97 Å². The number of imidazole rings is 1. The molecule has 1 aromatic heterocycles. The van der Waals surface area contributed by atoms with Crippen LogP contribution in [0.4, 0.5) is 0 Å². The molecule has 5 heteroatoms. The number of nitrogens with zero attached hydrogens (tertiary/aromatic N) is 2. The molecule has 0 saturated carbocycles. The number of carboxylic acids is 1. The Balaban J connectivity index is 2.44. The quantitative estimate of drug-likeness (QED) is 0.927. The second kappa shape index (κ2) is 4.82. The summed E-state index contributed by atoms with van der Waals surface area (Å²) < 4.78 is 1.88. The van der Waals surface area contributed by atoms with Crippen molar-refractivity contribution >= 4 is 17.6 Å². The molecule has 94 valence electrons. The molecule has 4 nitrogen and oxygen atoms in total. The smallest absolute Gasteiger partial charge is 0.309 e. The summed E-state index contributed by atoms with van der Waals surface area (Å²) >= 11 is 5.92. The molecular formula is C13H13ClN2O2. The van der Waals surface area contributed by atoms with Crippen LogP contribution in [-0.4, -0.2) is 20.6 Å². The van der Waals surface area contributed by atoms with E-state index in [0.29, 0.717) is 10.7 Å². The number of aromatic nitrogens is 2. The number of aryl methyl sites for hydroxylation is 2. The minimum atomic E-state index is -0.882. The summed E-state index contributed by atoms with van der Waals surface area (Å²) in [6.45, 7) is 3.80. The van der Waals surface area contributed by atoms with Crippen molar-refractivity contribution in [3.8, 4) is 5.69 Å². The zero-order valence-corrected chi connectivity index (χ0v) is 10.9. The molecule has 0 bridgehead atoms. The van der Waals surface area contributed by atoms with Crippen molar-refractivity contribution in [1.29, 1.82) is 0 Å². The summed E-state index contributed by atoms with van der Waals surface area (Å²) in [7, 11) is 0. The van der Waals surface area contributed by atoms with Crippen LogP contribution in [0.1, 0.15) is 17.1 Å². The van der Waals surface area contributed by atoms with Crippen LogP contribution in [0.5, 0.6) is 0 Å². The number of carbonyl (C=O) groups is 1. The third-order valence-electron chi connectivity index (χ3n) is 2.68. The van der Waals surface area contributed by atoms with E-state index in [4.69, 9.17) is 16.7 Å². The predicted molar refractivity (Wildman–Crippen MR) is 69.4 cm³/mol. The van der Waals surface area contributed by atoms with Crippen molar-refractivity contribution in [2.75, 3.05) is 0 Å². The van der Waals surface area contributed by atoms with Gasteiger partial charge in [-0.3, -0.25) is 4.79 Å². The third-order valence-corrected chi connectivity index (χ3v) is 2.92. The summed E-state index contributed by atoms with van der Waals surface area (Å²) in [5.41, 5.74) is 2.53. The Morgan fingerprint density at radius 2 is 2.17 bits per heavy atom. The van der Waals surface area contributed by atoms with E-state index >= 15 is 0 Å². The van der Waals surface area contributed by atoms with Gasteiger partial charge in [0.2, 0.25) is 0 Å². The van der Waals surface area contributed by atoms with Gasteiger partial charge >= 0.3 is 5.97 Å². The topological polar surface area (TPSA) is 55.1 Å². The van der Waals surface area contributed by atoms with Gasteiger partial charge < -0.3 is 9.67 Å². The lowest BCUT2D eigenvalue weighted by atomic mass is 10.2. The second-order valence-corrected chi connectivity index (χ2v) is 4.59. The van der Waals surface area contributed by atoms with Gasteiger partial charge in [0.1, 0.15) is 5.82 Å². The van der Waals surface area contributed by atoms with E-state index in [9.17, 15) is 4.79 Å². The summed E-state index contributed by atoms with van der Waals surface area (Å²) in [6, 6.07) is 5.57. The molecule has 18 heavy (non-hydrogen) atoms. The third kappa shape index (κ3) is 2.54. The number of rotatable bonds is 3. The van der Waals surface area contributed by atoms with Crippen molar-refractivity contribution in [3.63, 3.8) is 0 Å². The summed E-state index contributed by atoms with van der Waals surface area (Å²) in [6.07, 6.45) is 1.68. The number of halogens is 1. The Morgan fingerprint density at radius 3 is 2.78 bits per heavy atom. The van der Waals surface area contributed by atoms with Crippen LogP contribution in [0, 0.1) is 13.8 Å². The van der Waals surface area contributed by atoms with Crippen molar-refractivity contribution in [3.05, 3.63) is 46.5 Å². The van der Waals surface area contributed by atoms with Crippen LogP contribution in [0.3, 0.4) is 0 Å². The van der Waals surface area contributed by atoms with E-state index in [1.807, 2.05) is 30.5 Å². The fraction of sp³-hybridized carbons (Fsp3) is 0.231. The second-order valence-electron chi connectivity index (χ2n) is 4.15. The fourth-order valence-electron chi connectivity index (χ4n) is 1.91. The molecule has 2 aromatic rings. The van der Waals surface area contributed by atoms with Crippen molar-refractivity contribution in [2.45, 2.75) is 20.3 Å². The van der Waals surface area contributed by atoms with Gasteiger partial charge in [-0.25, -0.2) is 4.98 Å². The van der Waals surface area contributed by atoms with Gasteiger partial charge in [0.15, 0.2) is 0 Å². The fourth-order valence-corrected chi connectivity index (χ4v) is 2.13. The molecule has 0 unspecified atom stereocenters. The molecule has 0 atom stereocenters. The first-order valence-electron chi connectivity index (χ1n) is 5.50. The van der Waals surface area contributed by atoms with Gasteiger partial charge in [-0.1, -0.05) is 11.6 Å². The minimum Gasteiger partial charge on any atom is -0.481 e. The minimum absolute atomic E-state index is 0.0690. The van der Waals surface area contributed by atoms with Crippen molar-refractivity contribution in [1.82, 2.24) is 9.55 Å². The Kier molecular flexibility index (Phi) is 3.39. The molecule has 0 fully saturated rings. The first-order valence-corrected chi connectivity index (χ1v) is 5.88. The summed E-state index contributed by atoms with van der Waals surface area (Å²) in [5, 5.41) is 9.44. The normalized spacial score (nSPS) is 10.6. The standard InChI is InChI=1S/C13H13ClN2O2/c1-8-5-10(14)3-4-12(8)16-7-11(6-13(17)18)15-9(16)2/h3-5,7H,6H2,1-2H3,(H,17,18). The monoisotopic (exact) mass is 264 g/mol. The van der Waals surface area contributed by atoms with Crippen LogP contribution < -0.4 is 0 Å². The van der Waals surface area contributed by atoms with Gasteiger partial charge in [0.05, 0.1) is 12.1 Å². The molecule has 0 radical (unpaired) electrons. The van der Waals surface area contributed by atoms with Crippen LogP contribution in [-0.2, 0) is 11.2 Å². The lowest BCUT2D eigenvalue weighted by Gasteiger charge is -2.08. The first kappa shape index (κ1) is 12.6. The molecule has 1 N–H and O–H groups in total. The number of benzene rings is 1. The molecule has 0 aliphatic heterocycles. The van der Waals surface area contributed by atoms with Crippen LogP contribution in [0.15, 0.2) is 24.4 Å². The van der Waals surface area contributed by atoms with E-state index in [1.165, 1.54) is 0 Å². The van der Waals surface area contributed by atoms with Gasteiger partial charge in [0.25, 0.3) is 0 Å². The number of hydrogen-bond donors (Lipinski definition) is 1. The SMILES string of the molecule is Cc1cc(Cl)ccc1-n1cc(CC(=O)O)nc1C. The van der Waals surface area contributed by atoms with Gasteiger partial charge in [0, 0.05) is 16.9 Å². The first-order chi connectivity index (χ1) is 8.47. The summed E-state index contributed by atoms with van der Waals surface area (Å²) in [4.78, 5) is 14.9. The highest BCUT2D eigenvalue weighted by atomic mass is 35.5. The molecule has 1 heterocycles. The Hall–Kier alpha value is -1.81. The Morgan fingerprint density at radius 1 is 1.44 bits per heavy atom. The largest absolute Gasteiger partial charge is 0.481 e. The van der Waals surface area contributed by atoms with Crippen molar-refractivity contribution < 1.29 is 9.90 Å². The van der Waals surface area contributed by atoms with Crippen LogP contribution in [0.25, 0.3) is 5.69 Å². The zero-order chi connectivity index (χ0) is 13.3. The molecule has 0 amide bonds. The average Bonchev–Trinajstić information content (AvgIpc) is 2.58. The Bertz CT molecular complexity index is 605. The van der Waals surface area contributed by atoms with Crippen molar-refractivity contribution in [2.24, 2.45) is 0 Å². The van der Waals surface area contributed by atoms with E-state index in [0.717, 1.165) is 17.1 Å². The highest BCUT2D eigenvalue weighted by molar-refractivity contribution is 6.30. The average molecular weight is 265 g/mol. The summed E-state index contributed by atoms with van der Waals surface area (Å²) in [5.74, 6) is -0.121. The maximum atomic E-state index is 10.7. The Labute approximate surface area is 110 Å². The van der Waals surface area contributed by atoms with Crippen LogP contribution >= 0.6 is 11.6 Å². The molecular weight excluding hydrogens is 252 g/mol. The molecule has 2 rings (SSSR count). The van der Waals surface area contributed by atoms with Gasteiger partial charge in [-0.05, 0) is 37.6 Å². The maximum absolute atomic E-state index is 10.7. The van der Waals surface area contributed by atoms with E-state index in [2.05, 4.69) is 4.98 Å². The lowest BCUT2D eigenvalue weighted by molar-refractivity contribution is -0.136. The lowest BCUT2D eigenvalue weighted by Crippen LogP contribution is -2.00. The molecule has 0 spiro atoms. The molecule has 0 saturated heterocycles.